The summed E-state index contributed by atoms with van der Waals surface area (Å²) in [5.74, 6) is 0.444. The highest BCUT2D eigenvalue weighted by Gasteiger charge is 2.30. The Bertz CT molecular complexity index is 765. The van der Waals surface area contributed by atoms with Crippen molar-refractivity contribution < 1.29 is 13.2 Å². The molecule has 0 unspecified atom stereocenters. The summed E-state index contributed by atoms with van der Waals surface area (Å²) < 4.78 is 37.8. The summed E-state index contributed by atoms with van der Waals surface area (Å²) in [7, 11) is 1.60. The number of nitrogen functional groups attached to an aromatic ring is 1. The number of nitrogens with two attached hydrogens (primary N) is 2. The number of allylic oxidation sites excluding steroid dienone is 1. The minimum atomic E-state index is -4.37. The quantitative estimate of drug-likeness (QED) is 0.705. The molecule has 0 saturated heterocycles. The number of benzene rings is 1. The largest absolute Gasteiger partial charge is 0.416 e. The van der Waals surface area contributed by atoms with E-state index in [1.807, 2.05) is 13.8 Å². The summed E-state index contributed by atoms with van der Waals surface area (Å²) in [6.45, 7) is 4.00. The minimum absolute atomic E-state index is 0.372. The van der Waals surface area contributed by atoms with E-state index in [-0.39, 0.29) is 0 Å². The summed E-state index contributed by atoms with van der Waals surface area (Å²) in [5.41, 5.74) is 12.7. The third kappa shape index (κ3) is 5.51. The van der Waals surface area contributed by atoms with Crippen molar-refractivity contribution in [2.45, 2.75) is 20.0 Å². The molecule has 0 aliphatic carbocycles. The van der Waals surface area contributed by atoms with Gasteiger partial charge in [-0.2, -0.15) is 13.2 Å². The lowest BCUT2D eigenvalue weighted by molar-refractivity contribution is -0.137. The molecule has 0 radical (unpaired) electrons. The van der Waals surface area contributed by atoms with Gasteiger partial charge in [-0.15, -0.1) is 0 Å². The predicted molar refractivity (Wildman–Crippen MR) is 101 cm³/mol. The molecule has 1 aromatic heterocycles. The van der Waals surface area contributed by atoms with Gasteiger partial charge in [0.05, 0.1) is 11.3 Å². The lowest BCUT2D eigenvalue weighted by Crippen LogP contribution is -2.06. The van der Waals surface area contributed by atoms with Crippen LogP contribution in [0.1, 0.15) is 19.4 Å². The lowest BCUT2D eigenvalue weighted by atomic mass is 10.0. The maximum atomic E-state index is 12.6. The van der Waals surface area contributed by atoms with E-state index in [1.54, 1.807) is 13.1 Å². The first-order chi connectivity index (χ1) is 12.3. The Hall–Kier alpha value is -3.03. The fourth-order valence-corrected chi connectivity index (χ4v) is 2.02. The van der Waals surface area contributed by atoms with Crippen molar-refractivity contribution in [1.82, 2.24) is 4.98 Å². The van der Waals surface area contributed by atoms with Gasteiger partial charge in [-0.05, 0) is 17.7 Å². The fraction of sp³-hybridized carbons (Fsp3) is 0.222. The Labute approximate surface area is 150 Å². The predicted octanol–water partition coefficient (Wildman–Crippen LogP) is 4.29. The van der Waals surface area contributed by atoms with E-state index < -0.39 is 11.7 Å². The van der Waals surface area contributed by atoms with Crippen molar-refractivity contribution in [2.24, 2.45) is 10.7 Å². The average Bonchev–Trinajstić information content (AvgIpc) is 2.62. The lowest BCUT2D eigenvalue weighted by Gasteiger charge is -2.11. The van der Waals surface area contributed by atoms with E-state index in [0.717, 1.165) is 12.1 Å². The van der Waals surface area contributed by atoms with Crippen LogP contribution >= 0.6 is 0 Å². The molecule has 5 nitrogen and oxygen atoms in total. The van der Waals surface area contributed by atoms with E-state index in [9.17, 15) is 13.2 Å². The molecule has 0 saturated carbocycles. The van der Waals surface area contributed by atoms with Gasteiger partial charge in [0.2, 0.25) is 0 Å². The monoisotopic (exact) mass is 365 g/mol. The van der Waals surface area contributed by atoms with Crippen molar-refractivity contribution in [1.29, 1.82) is 0 Å². The number of pyridine rings is 1. The molecule has 5 N–H and O–H groups in total. The Morgan fingerprint density at radius 1 is 1.19 bits per heavy atom. The number of halogens is 3. The first-order valence-corrected chi connectivity index (χ1v) is 7.89. The number of hydrogen-bond donors (Lipinski definition) is 3. The SMILES string of the molecule is CC.CN=C/C(=C\N)Nc1cc(N)c(-c2ccc(C(F)(F)F)cc2)cn1. The van der Waals surface area contributed by atoms with E-state index in [0.29, 0.717) is 28.3 Å². The molecule has 0 bridgehead atoms. The van der Waals surface area contributed by atoms with Gasteiger partial charge in [0, 0.05) is 43.0 Å². The highest BCUT2D eigenvalue weighted by Crippen LogP contribution is 2.32. The molecular formula is C18H22F3N5. The van der Waals surface area contributed by atoms with Crippen molar-refractivity contribution in [3.8, 4) is 11.1 Å². The molecule has 1 aromatic carbocycles. The average molecular weight is 365 g/mol. The van der Waals surface area contributed by atoms with Crippen LogP contribution < -0.4 is 16.8 Å². The topological polar surface area (TPSA) is 89.3 Å². The first-order valence-electron chi connectivity index (χ1n) is 7.89. The second-order valence-electron chi connectivity index (χ2n) is 4.87. The molecule has 26 heavy (non-hydrogen) atoms. The normalized spacial score (nSPS) is 11.8. The van der Waals surface area contributed by atoms with Crippen LogP contribution in [0.5, 0.6) is 0 Å². The summed E-state index contributed by atoms with van der Waals surface area (Å²) in [5, 5.41) is 2.93. The van der Waals surface area contributed by atoms with Gasteiger partial charge in [-0.25, -0.2) is 4.98 Å². The summed E-state index contributed by atoms with van der Waals surface area (Å²) in [6, 6.07) is 6.30. The molecule has 2 rings (SSSR count). The zero-order valence-corrected chi connectivity index (χ0v) is 14.8. The fourth-order valence-electron chi connectivity index (χ4n) is 2.02. The maximum absolute atomic E-state index is 12.6. The van der Waals surface area contributed by atoms with Crippen LogP contribution in [0.25, 0.3) is 11.1 Å². The van der Waals surface area contributed by atoms with Gasteiger partial charge >= 0.3 is 6.18 Å². The van der Waals surface area contributed by atoms with E-state index in [1.165, 1.54) is 30.7 Å². The molecular weight excluding hydrogens is 343 g/mol. The van der Waals surface area contributed by atoms with E-state index in [4.69, 9.17) is 11.5 Å². The zero-order chi connectivity index (χ0) is 19.7. The number of nitrogens with one attached hydrogen (secondary N) is 1. The maximum Gasteiger partial charge on any atom is 0.416 e. The van der Waals surface area contributed by atoms with Gasteiger partial charge in [-0.1, -0.05) is 26.0 Å². The molecule has 0 atom stereocenters. The molecule has 0 fully saturated rings. The van der Waals surface area contributed by atoms with Crippen LogP contribution in [0.3, 0.4) is 0 Å². The van der Waals surface area contributed by atoms with Gasteiger partial charge in [0.15, 0.2) is 0 Å². The minimum Gasteiger partial charge on any atom is -0.403 e. The summed E-state index contributed by atoms with van der Waals surface area (Å²) in [4.78, 5) is 8.02. The highest BCUT2D eigenvalue weighted by atomic mass is 19.4. The van der Waals surface area contributed by atoms with Gasteiger partial charge in [0.1, 0.15) is 5.82 Å². The van der Waals surface area contributed by atoms with Crippen molar-refractivity contribution in [3.05, 3.63) is 54.0 Å². The number of aromatic nitrogens is 1. The van der Waals surface area contributed by atoms with Gasteiger partial charge in [0.25, 0.3) is 0 Å². The van der Waals surface area contributed by atoms with E-state index in [2.05, 4.69) is 15.3 Å². The third-order valence-electron chi connectivity index (χ3n) is 3.18. The van der Waals surface area contributed by atoms with Crippen molar-refractivity contribution in [2.75, 3.05) is 18.1 Å². The van der Waals surface area contributed by atoms with Crippen LogP contribution in [-0.4, -0.2) is 18.2 Å². The Balaban J connectivity index is 0.00000163. The van der Waals surface area contributed by atoms with Gasteiger partial charge in [-0.3, -0.25) is 4.99 Å². The smallest absolute Gasteiger partial charge is 0.403 e. The number of anilines is 2. The number of rotatable bonds is 4. The Morgan fingerprint density at radius 2 is 1.81 bits per heavy atom. The molecule has 0 aliphatic rings. The summed E-state index contributed by atoms with van der Waals surface area (Å²) >= 11 is 0. The highest BCUT2D eigenvalue weighted by molar-refractivity contribution is 5.84. The number of aliphatic imine (C=N–C) groups is 1. The van der Waals surface area contributed by atoms with Crippen LogP contribution in [0.4, 0.5) is 24.7 Å². The Morgan fingerprint density at radius 3 is 2.27 bits per heavy atom. The van der Waals surface area contributed by atoms with Crippen molar-refractivity contribution >= 4 is 17.7 Å². The second kappa shape index (κ2) is 9.45. The number of hydrogen-bond acceptors (Lipinski definition) is 5. The molecule has 0 spiro atoms. The standard InChI is InChI=1S/C16H16F3N5.C2H6/c1-22-8-12(7-20)24-15-6-14(21)13(9-23-15)10-2-4-11(5-3-10)16(17,18)19;1-2/h2-9H,20H2,1H3,(H3,21,23,24);1-2H3/b12-7+,22-8?;. The second-order valence-corrected chi connectivity index (χ2v) is 4.87. The van der Waals surface area contributed by atoms with Crippen LogP contribution in [0.2, 0.25) is 0 Å². The Kier molecular flexibility index (Phi) is 7.64. The molecule has 1 heterocycles. The molecule has 140 valence electrons. The van der Waals surface area contributed by atoms with Crippen LogP contribution in [0, 0.1) is 0 Å². The molecule has 0 amide bonds. The van der Waals surface area contributed by atoms with Gasteiger partial charge < -0.3 is 16.8 Å². The number of alkyl halides is 3. The van der Waals surface area contributed by atoms with E-state index >= 15 is 0 Å². The third-order valence-corrected chi connectivity index (χ3v) is 3.18. The first kappa shape index (κ1) is 21.0. The van der Waals surface area contributed by atoms with Crippen LogP contribution in [-0.2, 0) is 6.18 Å². The van der Waals surface area contributed by atoms with Crippen LogP contribution in [0.15, 0.2) is 53.4 Å². The zero-order valence-electron chi connectivity index (χ0n) is 14.8. The molecule has 2 aromatic rings. The number of nitrogens with zero attached hydrogens (tertiary/aromatic N) is 2. The molecule has 8 heteroatoms. The molecule has 0 aliphatic heterocycles. The van der Waals surface area contributed by atoms with Crippen molar-refractivity contribution in [3.63, 3.8) is 0 Å². The summed E-state index contributed by atoms with van der Waals surface area (Å²) in [6.07, 6.45) is -0.0460.